The van der Waals surface area contributed by atoms with Crippen molar-refractivity contribution in [2.24, 2.45) is 5.92 Å². The second-order valence-corrected chi connectivity index (χ2v) is 5.51. The lowest BCUT2D eigenvalue weighted by Crippen LogP contribution is -2.46. The van der Waals surface area contributed by atoms with Gasteiger partial charge in [-0.2, -0.15) is 0 Å². The van der Waals surface area contributed by atoms with Gasteiger partial charge in [-0.15, -0.1) is 0 Å². The van der Waals surface area contributed by atoms with Crippen molar-refractivity contribution >= 4 is 0 Å². The number of hydrogen-bond acceptors (Lipinski definition) is 2. The number of nitrogens with zero attached hydrogens (tertiary/aromatic N) is 1. The summed E-state index contributed by atoms with van der Waals surface area (Å²) in [5.74, 6) is 1.02. The molecular formula is C13H26N2. The third-order valence-electron chi connectivity index (χ3n) is 4.05. The van der Waals surface area contributed by atoms with Gasteiger partial charge in [-0.05, 0) is 52.0 Å². The Balaban J connectivity index is 1.62. The number of hydrogen-bond donors (Lipinski definition) is 1. The first-order valence-electron chi connectivity index (χ1n) is 6.74. The zero-order valence-electron chi connectivity index (χ0n) is 10.3. The first-order chi connectivity index (χ1) is 7.27. The van der Waals surface area contributed by atoms with Crippen molar-refractivity contribution < 1.29 is 0 Å². The molecule has 1 saturated carbocycles. The maximum atomic E-state index is 3.59. The molecule has 1 aliphatic heterocycles. The second-order valence-electron chi connectivity index (χ2n) is 5.51. The van der Waals surface area contributed by atoms with Crippen molar-refractivity contribution in [1.29, 1.82) is 0 Å². The highest BCUT2D eigenvalue weighted by atomic mass is 15.2. The van der Waals surface area contributed by atoms with Crippen LogP contribution in [-0.4, -0.2) is 36.6 Å². The molecule has 0 aromatic heterocycles. The number of nitrogens with one attached hydrogen (secondary N) is 1. The zero-order chi connectivity index (χ0) is 10.7. The van der Waals surface area contributed by atoms with Crippen LogP contribution in [0, 0.1) is 5.92 Å². The van der Waals surface area contributed by atoms with E-state index < -0.39 is 0 Å². The molecule has 2 aliphatic rings. The fourth-order valence-corrected chi connectivity index (χ4v) is 2.75. The molecule has 2 heteroatoms. The van der Waals surface area contributed by atoms with Crippen LogP contribution < -0.4 is 5.32 Å². The van der Waals surface area contributed by atoms with Gasteiger partial charge in [0.1, 0.15) is 0 Å². The maximum absolute atomic E-state index is 3.59. The molecule has 88 valence electrons. The molecule has 2 fully saturated rings. The molecule has 2 atom stereocenters. The number of rotatable bonds is 5. The van der Waals surface area contributed by atoms with Gasteiger partial charge in [-0.1, -0.05) is 6.42 Å². The van der Waals surface area contributed by atoms with Gasteiger partial charge in [0.2, 0.25) is 0 Å². The average Bonchev–Trinajstić information content (AvgIpc) is 3.00. The molecule has 0 aromatic rings. The summed E-state index contributed by atoms with van der Waals surface area (Å²) in [5, 5.41) is 3.59. The van der Waals surface area contributed by atoms with E-state index in [0.717, 1.165) is 18.0 Å². The number of piperidine rings is 1. The Morgan fingerprint density at radius 2 is 1.73 bits per heavy atom. The Hall–Kier alpha value is -0.0800. The van der Waals surface area contributed by atoms with Gasteiger partial charge in [-0.25, -0.2) is 0 Å². The SMILES string of the molecule is C[C@@H]1CCC[C@H](C)N1CCNCC1CC1. The fraction of sp³-hybridized carbons (Fsp3) is 1.00. The molecule has 0 amide bonds. The Morgan fingerprint density at radius 3 is 2.33 bits per heavy atom. The molecule has 2 rings (SSSR count). The first kappa shape index (κ1) is 11.4. The molecule has 0 bridgehead atoms. The molecule has 1 aliphatic carbocycles. The summed E-state index contributed by atoms with van der Waals surface area (Å²) in [6.07, 6.45) is 7.14. The van der Waals surface area contributed by atoms with Gasteiger partial charge in [0.25, 0.3) is 0 Å². The van der Waals surface area contributed by atoms with Crippen LogP contribution >= 0.6 is 0 Å². The minimum Gasteiger partial charge on any atom is -0.315 e. The Morgan fingerprint density at radius 1 is 1.07 bits per heavy atom. The van der Waals surface area contributed by atoms with Crippen LogP contribution in [-0.2, 0) is 0 Å². The van der Waals surface area contributed by atoms with Crippen molar-refractivity contribution in [3.63, 3.8) is 0 Å². The second kappa shape index (κ2) is 5.31. The minimum atomic E-state index is 0.802. The van der Waals surface area contributed by atoms with Gasteiger partial charge >= 0.3 is 0 Å². The summed E-state index contributed by atoms with van der Waals surface area (Å²) in [6, 6.07) is 1.60. The summed E-state index contributed by atoms with van der Waals surface area (Å²) >= 11 is 0. The molecule has 1 saturated heterocycles. The van der Waals surface area contributed by atoms with E-state index in [1.165, 1.54) is 51.7 Å². The lowest BCUT2D eigenvalue weighted by atomic mass is 9.98. The highest BCUT2D eigenvalue weighted by molar-refractivity contribution is 4.80. The molecule has 1 heterocycles. The van der Waals surface area contributed by atoms with Gasteiger partial charge < -0.3 is 5.32 Å². The largest absolute Gasteiger partial charge is 0.315 e. The van der Waals surface area contributed by atoms with Gasteiger partial charge in [0.15, 0.2) is 0 Å². The van der Waals surface area contributed by atoms with Crippen molar-refractivity contribution in [1.82, 2.24) is 10.2 Å². The van der Waals surface area contributed by atoms with E-state index in [-0.39, 0.29) is 0 Å². The van der Waals surface area contributed by atoms with Crippen LogP contribution in [0.2, 0.25) is 0 Å². The van der Waals surface area contributed by atoms with E-state index in [1.807, 2.05) is 0 Å². The molecule has 0 aromatic carbocycles. The summed E-state index contributed by atoms with van der Waals surface area (Å²) < 4.78 is 0. The molecular weight excluding hydrogens is 184 g/mol. The monoisotopic (exact) mass is 210 g/mol. The van der Waals surface area contributed by atoms with E-state index in [9.17, 15) is 0 Å². The van der Waals surface area contributed by atoms with E-state index in [2.05, 4.69) is 24.1 Å². The van der Waals surface area contributed by atoms with E-state index >= 15 is 0 Å². The van der Waals surface area contributed by atoms with Crippen LogP contribution in [0.25, 0.3) is 0 Å². The first-order valence-corrected chi connectivity index (χ1v) is 6.74. The molecule has 0 unspecified atom stereocenters. The van der Waals surface area contributed by atoms with Crippen LogP contribution in [0.1, 0.15) is 46.0 Å². The Labute approximate surface area is 94.4 Å². The third kappa shape index (κ3) is 3.46. The molecule has 15 heavy (non-hydrogen) atoms. The summed E-state index contributed by atoms with van der Waals surface area (Å²) in [6.45, 7) is 8.46. The topological polar surface area (TPSA) is 15.3 Å². The zero-order valence-corrected chi connectivity index (χ0v) is 10.3. The molecule has 1 N–H and O–H groups in total. The van der Waals surface area contributed by atoms with Crippen molar-refractivity contribution in [2.45, 2.75) is 58.0 Å². The lowest BCUT2D eigenvalue weighted by Gasteiger charge is -2.39. The quantitative estimate of drug-likeness (QED) is 0.700. The summed E-state index contributed by atoms with van der Waals surface area (Å²) in [4.78, 5) is 2.68. The van der Waals surface area contributed by atoms with E-state index in [0.29, 0.717) is 0 Å². The Kier molecular flexibility index (Phi) is 4.04. The van der Waals surface area contributed by atoms with Gasteiger partial charge in [0.05, 0.1) is 0 Å². The summed E-state index contributed by atoms with van der Waals surface area (Å²) in [5.41, 5.74) is 0. The predicted octanol–water partition coefficient (Wildman–Crippen LogP) is 2.25. The van der Waals surface area contributed by atoms with E-state index in [1.54, 1.807) is 0 Å². The molecule has 0 radical (unpaired) electrons. The minimum absolute atomic E-state index is 0.802. The van der Waals surface area contributed by atoms with Gasteiger partial charge in [-0.3, -0.25) is 4.90 Å². The third-order valence-corrected chi connectivity index (χ3v) is 4.05. The highest BCUT2D eigenvalue weighted by Crippen LogP contribution is 2.27. The van der Waals surface area contributed by atoms with Crippen LogP contribution in [0.3, 0.4) is 0 Å². The highest BCUT2D eigenvalue weighted by Gasteiger charge is 2.24. The number of likely N-dealkylation sites (tertiary alicyclic amines) is 1. The van der Waals surface area contributed by atoms with Crippen molar-refractivity contribution in [2.75, 3.05) is 19.6 Å². The smallest absolute Gasteiger partial charge is 0.0112 e. The normalized spacial score (nSPS) is 33.2. The van der Waals surface area contributed by atoms with Crippen LogP contribution in [0.4, 0.5) is 0 Å². The van der Waals surface area contributed by atoms with Gasteiger partial charge in [0, 0.05) is 25.2 Å². The average molecular weight is 210 g/mol. The lowest BCUT2D eigenvalue weighted by molar-refractivity contribution is 0.105. The van der Waals surface area contributed by atoms with Crippen molar-refractivity contribution in [3.05, 3.63) is 0 Å². The maximum Gasteiger partial charge on any atom is 0.0112 e. The van der Waals surface area contributed by atoms with E-state index in [4.69, 9.17) is 0 Å². The summed E-state index contributed by atoms with van der Waals surface area (Å²) in [7, 11) is 0. The van der Waals surface area contributed by atoms with Crippen LogP contribution in [0.5, 0.6) is 0 Å². The Bertz CT molecular complexity index is 179. The fourth-order valence-electron chi connectivity index (χ4n) is 2.75. The standard InChI is InChI=1S/C13H26N2/c1-11-4-3-5-12(2)15(11)9-8-14-10-13-6-7-13/h11-14H,3-10H2,1-2H3/t11-,12+. The predicted molar refractivity (Wildman–Crippen MR) is 65.1 cm³/mol. The molecule has 2 nitrogen and oxygen atoms in total. The molecule has 0 spiro atoms. The van der Waals surface area contributed by atoms with Crippen molar-refractivity contribution in [3.8, 4) is 0 Å². The van der Waals surface area contributed by atoms with Crippen LogP contribution in [0.15, 0.2) is 0 Å².